The monoisotopic (exact) mass is 299 g/mol. The number of carbonyl (C=O) groups excluding carboxylic acids is 1. The summed E-state index contributed by atoms with van der Waals surface area (Å²) in [5.41, 5.74) is 1.18. The van der Waals surface area contributed by atoms with Crippen molar-refractivity contribution in [2.45, 2.75) is 0 Å². The fourth-order valence-corrected chi connectivity index (χ4v) is 2.08. The number of pyridine rings is 1. The number of aromatic nitrogens is 1. The number of halogens is 2. The van der Waals surface area contributed by atoms with Gasteiger partial charge in [-0.15, -0.1) is 0 Å². The fourth-order valence-electron chi connectivity index (χ4n) is 2.08. The first-order chi connectivity index (χ1) is 10.6. The molecule has 4 nitrogen and oxygen atoms in total. The van der Waals surface area contributed by atoms with Crippen molar-refractivity contribution in [2.75, 3.05) is 10.6 Å². The Labute approximate surface area is 124 Å². The van der Waals surface area contributed by atoms with Crippen LogP contribution >= 0.6 is 0 Å². The van der Waals surface area contributed by atoms with Gasteiger partial charge in [0.2, 0.25) is 0 Å². The number of benzene rings is 2. The van der Waals surface area contributed by atoms with Gasteiger partial charge in [-0.3, -0.25) is 4.98 Å². The molecule has 0 atom stereocenters. The Kier molecular flexibility index (Phi) is 3.65. The van der Waals surface area contributed by atoms with E-state index in [1.807, 2.05) is 12.1 Å². The highest BCUT2D eigenvalue weighted by Gasteiger charge is 2.09. The molecular formula is C16H11F2N3O. The minimum absolute atomic E-state index is 0.0998. The maximum atomic E-state index is 13.5. The summed E-state index contributed by atoms with van der Waals surface area (Å²) in [5, 5.41) is 5.73. The second-order valence-corrected chi connectivity index (χ2v) is 4.58. The van der Waals surface area contributed by atoms with Gasteiger partial charge in [-0.25, -0.2) is 13.6 Å². The molecule has 110 valence electrons. The van der Waals surface area contributed by atoms with Gasteiger partial charge in [0.15, 0.2) is 0 Å². The summed E-state index contributed by atoms with van der Waals surface area (Å²) < 4.78 is 26.3. The quantitative estimate of drug-likeness (QED) is 0.746. The first-order valence-corrected chi connectivity index (χ1v) is 6.50. The van der Waals surface area contributed by atoms with Gasteiger partial charge in [-0.2, -0.15) is 0 Å². The Hall–Kier alpha value is -3.02. The zero-order valence-electron chi connectivity index (χ0n) is 11.3. The lowest BCUT2D eigenvalue weighted by molar-refractivity contribution is 0.262. The Morgan fingerprint density at radius 1 is 0.955 bits per heavy atom. The molecule has 22 heavy (non-hydrogen) atoms. The van der Waals surface area contributed by atoms with Crippen LogP contribution in [0.5, 0.6) is 0 Å². The lowest BCUT2D eigenvalue weighted by Crippen LogP contribution is -2.20. The van der Waals surface area contributed by atoms with E-state index in [0.717, 1.165) is 23.0 Å². The number of anilines is 2. The number of nitrogens with one attached hydrogen (secondary N) is 2. The molecule has 3 aromatic rings. The molecule has 0 aliphatic heterocycles. The SMILES string of the molecule is O=C(Nc1ccc(F)cc1F)Nc1cccc2ncccc12. The van der Waals surface area contributed by atoms with Crippen LogP contribution < -0.4 is 10.6 Å². The van der Waals surface area contributed by atoms with Crippen LogP contribution in [0.15, 0.2) is 54.7 Å². The molecule has 0 aliphatic rings. The molecule has 2 amide bonds. The molecule has 0 spiro atoms. The smallest absolute Gasteiger partial charge is 0.307 e. The number of carbonyl (C=O) groups is 1. The van der Waals surface area contributed by atoms with E-state index in [1.165, 1.54) is 0 Å². The van der Waals surface area contributed by atoms with Gasteiger partial charge < -0.3 is 10.6 Å². The van der Waals surface area contributed by atoms with Gasteiger partial charge in [0.1, 0.15) is 11.6 Å². The average Bonchev–Trinajstić information content (AvgIpc) is 2.50. The summed E-state index contributed by atoms with van der Waals surface area (Å²) in [5.74, 6) is -1.54. The molecule has 2 aromatic carbocycles. The highest BCUT2D eigenvalue weighted by Crippen LogP contribution is 2.22. The summed E-state index contributed by atoms with van der Waals surface area (Å²) in [6, 6.07) is 11.2. The van der Waals surface area contributed by atoms with Gasteiger partial charge in [-0.1, -0.05) is 6.07 Å². The molecule has 6 heteroatoms. The third kappa shape index (κ3) is 2.85. The number of hydrogen-bond donors (Lipinski definition) is 2. The van der Waals surface area contributed by atoms with Crippen LogP contribution in [-0.2, 0) is 0 Å². The van der Waals surface area contributed by atoms with Gasteiger partial charge in [0.05, 0.1) is 16.9 Å². The lowest BCUT2D eigenvalue weighted by atomic mass is 10.2. The van der Waals surface area contributed by atoms with Crippen molar-refractivity contribution in [3.8, 4) is 0 Å². The van der Waals surface area contributed by atoms with E-state index < -0.39 is 17.7 Å². The predicted octanol–water partition coefficient (Wildman–Crippen LogP) is 4.16. The number of amides is 2. The van der Waals surface area contributed by atoms with Crippen LogP contribution in [0.4, 0.5) is 25.0 Å². The molecule has 0 bridgehead atoms. The molecular weight excluding hydrogens is 288 g/mol. The van der Waals surface area contributed by atoms with E-state index >= 15 is 0 Å². The Bertz CT molecular complexity index is 846. The van der Waals surface area contributed by atoms with Crippen LogP contribution in [0.25, 0.3) is 10.9 Å². The second-order valence-electron chi connectivity index (χ2n) is 4.58. The Morgan fingerprint density at radius 2 is 1.77 bits per heavy atom. The largest absolute Gasteiger partial charge is 0.323 e. The molecule has 0 unspecified atom stereocenters. The van der Waals surface area contributed by atoms with Crippen molar-refractivity contribution >= 4 is 28.3 Å². The van der Waals surface area contributed by atoms with Gasteiger partial charge in [-0.05, 0) is 36.4 Å². The summed E-state index contributed by atoms with van der Waals surface area (Å²) in [4.78, 5) is 16.1. The number of fused-ring (bicyclic) bond motifs is 1. The minimum atomic E-state index is -0.838. The Balaban J connectivity index is 1.81. The van der Waals surface area contributed by atoms with E-state index in [9.17, 15) is 13.6 Å². The molecule has 0 aliphatic carbocycles. The van der Waals surface area contributed by atoms with E-state index in [2.05, 4.69) is 15.6 Å². The third-order valence-electron chi connectivity index (χ3n) is 3.07. The maximum absolute atomic E-state index is 13.5. The van der Waals surface area contributed by atoms with E-state index in [0.29, 0.717) is 11.8 Å². The zero-order valence-corrected chi connectivity index (χ0v) is 11.3. The predicted molar refractivity (Wildman–Crippen MR) is 80.7 cm³/mol. The van der Waals surface area contributed by atoms with Gasteiger partial charge in [0.25, 0.3) is 0 Å². The third-order valence-corrected chi connectivity index (χ3v) is 3.07. The molecule has 0 fully saturated rings. The maximum Gasteiger partial charge on any atom is 0.323 e. The van der Waals surface area contributed by atoms with Crippen molar-refractivity contribution in [3.63, 3.8) is 0 Å². The van der Waals surface area contributed by atoms with Crippen molar-refractivity contribution in [1.29, 1.82) is 0 Å². The van der Waals surface area contributed by atoms with Crippen molar-refractivity contribution < 1.29 is 13.6 Å². The molecule has 1 heterocycles. The summed E-state index contributed by atoms with van der Waals surface area (Å²) in [6.45, 7) is 0. The minimum Gasteiger partial charge on any atom is -0.307 e. The van der Waals surface area contributed by atoms with Crippen LogP contribution in [0, 0.1) is 11.6 Å². The van der Waals surface area contributed by atoms with Crippen LogP contribution in [0.2, 0.25) is 0 Å². The van der Waals surface area contributed by atoms with E-state index in [1.54, 1.807) is 24.4 Å². The molecule has 0 radical (unpaired) electrons. The van der Waals surface area contributed by atoms with Gasteiger partial charge in [0, 0.05) is 17.6 Å². The van der Waals surface area contributed by atoms with E-state index in [-0.39, 0.29) is 5.69 Å². The topological polar surface area (TPSA) is 54.0 Å². The molecule has 2 N–H and O–H groups in total. The number of rotatable bonds is 2. The van der Waals surface area contributed by atoms with Crippen molar-refractivity contribution in [1.82, 2.24) is 4.98 Å². The van der Waals surface area contributed by atoms with Crippen molar-refractivity contribution in [2.24, 2.45) is 0 Å². The average molecular weight is 299 g/mol. The lowest BCUT2D eigenvalue weighted by Gasteiger charge is -2.10. The highest BCUT2D eigenvalue weighted by atomic mass is 19.1. The van der Waals surface area contributed by atoms with Crippen molar-refractivity contribution in [3.05, 3.63) is 66.4 Å². The molecule has 1 aromatic heterocycles. The molecule has 3 rings (SSSR count). The molecule has 0 saturated carbocycles. The normalized spacial score (nSPS) is 10.5. The summed E-state index contributed by atoms with van der Waals surface area (Å²) in [6.07, 6.45) is 1.65. The number of hydrogen-bond acceptors (Lipinski definition) is 2. The summed E-state index contributed by atoms with van der Waals surface area (Å²) in [7, 11) is 0. The zero-order chi connectivity index (χ0) is 15.5. The second kappa shape index (κ2) is 5.77. The standard InChI is InChI=1S/C16H11F2N3O/c17-10-6-7-15(12(18)9-10)21-16(22)20-14-5-1-4-13-11(14)3-2-8-19-13/h1-9H,(H2,20,21,22). The van der Waals surface area contributed by atoms with Gasteiger partial charge >= 0.3 is 6.03 Å². The van der Waals surface area contributed by atoms with E-state index in [4.69, 9.17) is 0 Å². The Morgan fingerprint density at radius 3 is 2.59 bits per heavy atom. The first kappa shape index (κ1) is 13.9. The molecule has 0 saturated heterocycles. The number of urea groups is 1. The fraction of sp³-hybridized carbons (Fsp3) is 0. The summed E-state index contributed by atoms with van der Waals surface area (Å²) >= 11 is 0. The number of nitrogens with zero attached hydrogens (tertiary/aromatic N) is 1. The van der Waals surface area contributed by atoms with Crippen LogP contribution in [-0.4, -0.2) is 11.0 Å². The van der Waals surface area contributed by atoms with Crippen LogP contribution in [0.3, 0.4) is 0 Å². The van der Waals surface area contributed by atoms with Crippen LogP contribution in [0.1, 0.15) is 0 Å². The highest BCUT2D eigenvalue weighted by molar-refractivity contribution is 6.05. The first-order valence-electron chi connectivity index (χ1n) is 6.50.